The number of rotatable bonds is 5. The highest BCUT2D eigenvalue weighted by Gasteiger charge is 2.14. The molecule has 0 aliphatic rings. The van der Waals surface area contributed by atoms with E-state index in [1.807, 2.05) is 24.3 Å². The predicted octanol–water partition coefficient (Wildman–Crippen LogP) is 4.19. The minimum atomic E-state index is -0.582. The van der Waals surface area contributed by atoms with E-state index < -0.39 is 5.38 Å². The molecule has 0 saturated heterocycles. The molecule has 0 aliphatic heterocycles. The molecule has 0 saturated carbocycles. The van der Waals surface area contributed by atoms with Gasteiger partial charge in [0.1, 0.15) is 17.9 Å². The van der Waals surface area contributed by atoms with Gasteiger partial charge in [0.05, 0.1) is 18.0 Å². The minimum Gasteiger partial charge on any atom is -0.497 e. The molecule has 1 aromatic heterocycles. The van der Waals surface area contributed by atoms with Gasteiger partial charge in [-0.15, -0.1) is 11.6 Å². The Kier molecular flexibility index (Phi) is 4.62. The zero-order valence-corrected chi connectivity index (χ0v) is 14.0. The maximum absolute atomic E-state index is 12.1. The van der Waals surface area contributed by atoms with Crippen LogP contribution in [0.2, 0.25) is 0 Å². The van der Waals surface area contributed by atoms with Crippen molar-refractivity contribution in [3.05, 3.63) is 54.4 Å². The number of Topliss-reactive ketones (excluding diaryl/α,β-unsaturated/α-hetero) is 1. The summed E-state index contributed by atoms with van der Waals surface area (Å²) in [7, 11) is 1.62. The number of ether oxygens (including phenoxy) is 1. The Morgan fingerprint density at radius 2 is 2.04 bits per heavy atom. The lowest BCUT2D eigenvalue weighted by atomic mass is 10.1. The molecule has 0 spiro atoms. The fraction of sp³-hybridized carbons (Fsp3) is 0.167. The lowest BCUT2D eigenvalue weighted by Crippen LogP contribution is -2.10. The molecular weight excluding hydrogens is 326 g/mol. The second-order valence-electron chi connectivity index (χ2n) is 5.29. The molecule has 3 rings (SSSR count). The highest BCUT2D eigenvalue weighted by Crippen LogP contribution is 2.26. The van der Waals surface area contributed by atoms with E-state index in [4.69, 9.17) is 16.3 Å². The summed E-state index contributed by atoms with van der Waals surface area (Å²) >= 11 is 5.91. The van der Waals surface area contributed by atoms with Crippen LogP contribution in [0.25, 0.3) is 10.9 Å². The summed E-state index contributed by atoms with van der Waals surface area (Å²) < 4.78 is 5.22. The Hall–Kier alpha value is -2.66. The number of methoxy groups -OCH3 is 1. The van der Waals surface area contributed by atoms with Crippen LogP contribution in [0.1, 0.15) is 17.3 Å². The van der Waals surface area contributed by atoms with Crippen molar-refractivity contribution in [3.8, 4) is 5.75 Å². The molecule has 1 atom stereocenters. The van der Waals surface area contributed by atoms with E-state index in [-0.39, 0.29) is 5.78 Å². The number of carbonyl (C=O) groups excluding carboxylic acids is 1. The smallest absolute Gasteiger partial charge is 0.180 e. The van der Waals surface area contributed by atoms with Gasteiger partial charge in [-0.25, -0.2) is 9.97 Å². The van der Waals surface area contributed by atoms with E-state index in [0.29, 0.717) is 11.4 Å². The van der Waals surface area contributed by atoms with Crippen LogP contribution in [0.3, 0.4) is 0 Å². The van der Waals surface area contributed by atoms with Crippen molar-refractivity contribution in [2.24, 2.45) is 0 Å². The van der Waals surface area contributed by atoms with Crippen LogP contribution in [-0.2, 0) is 0 Å². The molecule has 24 heavy (non-hydrogen) atoms. The van der Waals surface area contributed by atoms with E-state index in [1.165, 1.54) is 6.33 Å². The highest BCUT2D eigenvalue weighted by atomic mass is 35.5. The third-order valence-corrected chi connectivity index (χ3v) is 3.81. The van der Waals surface area contributed by atoms with Gasteiger partial charge in [-0.1, -0.05) is 6.07 Å². The number of hydrogen-bond acceptors (Lipinski definition) is 5. The molecule has 2 aromatic carbocycles. The first-order valence-corrected chi connectivity index (χ1v) is 7.86. The van der Waals surface area contributed by atoms with Gasteiger partial charge >= 0.3 is 0 Å². The summed E-state index contributed by atoms with van der Waals surface area (Å²) in [6.07, 6.45) is 1.48. The van der Waals surface area contributed by atoms with Crippen LogP contribution in [-0.4, -0.2) is 28.2 Å². The summed E-state index contributed by atoms with van der Waals surface area (Å²) in [5.74, 6) is 1.23. The molecule has 6 heteroatoms. The van der Waals surface area contributed by atoms with E-state index >= 15 is 0 Å². The van der Waals surface area contributed by atoms with E-state index in [9.17, 15) is 4.79 Å². The fourth-order valence-corrected chi connectivity index (χ4v) is 2.50. The molecular formula is C18H16ClN3O2. The quantitative estimate of drug-likeness (QED) is 0.556. The second kappa shape index (κ2) is 6.84. The monoisotopic (exact) mass is 341 g/mol. The number of aromatic nitrogens is 2. The predicted molar refractivity (Wildman–Crippen MR) is 95.5 cm³/mol. The van der Waals surface area contributed by atoms with Crippen molar-refractivity contribution in [3.63, 3.8) is 0 Å². The molecule has 1 heterocycles. The maximum atomic E-state index is 12.1. The molecule has 122 valence electrons. The molecule has 0 aliphatic carbocycles. The molecule has 1 N–H and O–H groups in total. The summed E-state index contributed by atoms with van der Waals surface area (Å²) in [6.45, 7) is 1.66. The van der Waals surface area contributed by atoms with Gasteiger partial charge in [-0.2, -0.15) is 0 Å². The van der Waals surface area contributed by atoms with Crippen molar-refractivity contribution in [1.29, 1.82) is 0 Å². The SMILES string of the molecule is COc1cccc(Nc2ncnc3ccc(C(=O)[C@@H](C)Cl)cc23)c1. The van der Waals surface area contributed by atoms with Crippen molar-refractivity contribution in [1.82, 2.24) is 9.97 Å². The molecule has 5 nitrogen and oxygen atoms in total. The van der Waals surface area contributed by atoms with Gasteiger partial charge in [0.15, 0.2) is 5.78 Å². The van der Waals surface area contributed by atoms with Gasteiger partial charge in [-0.3, -0.25) is 4.79 Å². The van der Waals surface area contributed by atoms with E-state index in [1.54, 1.807) is 32.2 Å². The zero-order valence-electron chi connectivity index (χ0n) is 13.3. The van der Waals surface area contributed by atoms with Crippen LogP contribution < -0.4 is 10.1 Å². The highest BCUT2D eigenvalue weighted by molar-refractivity contribution is 6.33. The first-order valence-electron chi connectivity index (χ1n) is 7.42. The number of carbonyl (C=O) groups is 1. The number of nitrogens with one attached hydrogen (secondary N) is 1. The number of ketones is 1. The fourth-order valence-electron chi connectivity index (χ4n) is 2.38. The number of alkyl halides is 1. The Balaban J connectivity index is 2.03. The van der Waals surface area contributed by atoms with Crippen LogP contribution in [0.15, 0.2) is 48.8 Å². The standard InChI is InChI=1S/C18H16ClN3O2/c1-11(19)17(23)12-6-7-16-15(8-12)18(21-10-20-16)22-13-4-3-5-14(9-13)24-2/h3-11H,1-2H3,(H,20,21,22)/t11-/m1/s1. The molecule has 3 aromatic rings. The number of halogens is 1. The first kappa shape index (κ1) is 16.2. The molecule has 0 unspecified atom stereocenters. The number of hydrogen-bond donors (Lipinski definition) is 1. The minimum absolute atomic E-state index is 0.130. The van der Waals surface area contributed by atoms with Gasteiger partial charge in [-0.05, 0) is 37.3 Å². The molecule has 0 radical (unpaired) electrons. The van der Waals surface area contributed by atoms with E-state index in [0.717, 1.165) is 22.3 Å². The number of anilines is 2. The molecule has 0 bridgehead atoms. The maximum Gasteiger partial charge on any atom is 0.180 e. The van der Waals surface area contributed by atoms with Crippen LogP contribution >= 0.6 is 11.6 Å². The zero-order chi connectivity index (χ0) is 17.1. The van der Waals surface area contributed by atoms with Crippen LogP contribution in [0.4, 0.5) is 11.5 Å². The summed E-state index contributed by atoms with van der Waals surface area (Å²) in [5.41, 5.74) is 2.11. The Labute approximate surface area is 144 Å². The summed E-state index contributed by atoms with van der Waals surface area (Å²) in [6, 6.07) is 12.8. The number of benzene rings is 2. The van der Waals surface area contributed by atoms with Gasteiger partial charge < -0.3 is 10.1 Å². The molecule has 0 amide bonds. The van der Waals surface area contributed by atoms with Crippen LogP contribution in [0, 0.1) is 0 Å². The largest absolute Gasteiger partial charge is 0.497 e. The molecule has 0 fully saturated rings. The van der Waals surface area contributed by atoms with Crippen LogP contribution in [0.5, 0.6) is 5.75 Å². The van der Waals surface area contributed by atoms with Gasteiger partial charge in [0.25, 0.3) is 0 Å². The van der Waals surface area contributed by atoms with E-state index in [2.05, 4.69) is 15.3 Å². The third kappa shape index (κ3) is 3.31. The first-order chi connectivity index (χ1) is 11.6. The summed E-state index contributed by atoms with van der Waals surface area (Å²) in [5, 5.41) is 3.41. The number of nitrogens with zero attached hydrogens (tertiary/aromatic N) is 2. The normalized spacial score (nSPS) is 12.0. The van der Waals surface area contributed by atoms with Crippen molar-refractivity contribution >= 4 is 39.8 Å². The number of fused-ring (bicyclic) bond motifs is 1. The average Bonchev–Trinajstić information content (AvgIpc) is 2.61. The summed E-state index contributed by atoms with van der Waals surface area (Å²) in [4.78, 5) is 20.7. The Morgan fingerprint density at radius 1 is 1.21 bits per heavy atom. The van der Waals surface area contributed by atoms with Gasteiger partial charge in [0, 0.05) is 22.7 Å². The van der Waals surface area contributed by atoms with Crippen molar-refractivity contribution in [2.75, 3.05) is 12.4 Å². The Morgan fingerprint density at radius 3 is 2.79 bits per heavy atom. The second-order valence-corrected chi connectivity index (χ2v) is 5.95. The topological polar surface area (TPSA) is 64.1 Å². The lowest BCUT2D eigenvalue weighted by Gasteiger charge is -2.10. The third-order valence-electron chi connectivity index (χ3n) is 3.61. The van der Waals surface area contributed by atoms with Gasteiger partial charge in [0.2, 0.25) is 0 Å². The van der Waals surface area contributed by atoms with Crippen molar-refractivity contribution < 1.29 is 9.53 Å². The van der Waals surface area contributed by atoms with Crippen molar-refractivity contribution in [2.45, 2.75) is 12.3 Å². The Bertz CT molecular complexity index is 896. The average molecular weight is 342 g/mol. The lowest BCUT2D eigenvalue weighted by molar-refractivity contribution is 0.0992.